The quantitative estimate of drug-likeness (QED) is 0.341. The largest absolute Gasteiger partial charge is 0.462 e. The number of esters is 1. The van der Waals surface area contributed by atoms with Crippen LogP contribution in [0.25, 0.3) is 0 Å². The molecule has 2 aromatic carbocycles. The molecule has 0 saturated heterocycles. The third-order valence-corrected chi connectivity index (χ3v) is 4.17. The number of nitro benzene ring substituents is 1. The van der Waals surface area contributed by atoms with Gasteiger partial charge in [-0.05, 0) is 25.1 Å². The number of hydrogen-bond donors (Lipinski definition) is 1. The summed E-state index contributed by atoms with van der Waals surface area (Å²) >= 11 is 0. The van der Waals surface area contributed by atoms with Crippen LogP contribution in [-0.2, 0) is 9.53 Å². The minimum atomic E-state index is -0.925. The van der Waals surface area contributed by atoms with E-state index in [9.17, 15) is 29.3 Å². The molecule has 0 bridgehead atoms. The average Bonchev–Trinajstić information content (AvgIpc) is 2.93. The fraction of sp³-hybridized carbons (Fsp3) is 0.158. The van der Waals surface area contributed by atoms with Crippen LogP contribution in [0.3, 0.4) is 0 Å². The van der Waals surface area contributed by atoms with Crippen molar-refractivity contribution in [3.05, 3.63) is 69.3 Å². The van der Waals surface area contributed by atoms with Crippen LogP contribution in [0, 0.1) is 10.1 Å². The number of hydrogen-bond acceptors (Lipinski definition) is 7. The van der Waals surface area contributed by atoms with Crippen LogP contribution in [0.1, 0.15) is 38.0 Å². The van der Waals surface area contributed by atoms with E-state index in [1.807, 2.05) is 0 Å². The van der Waals surface area contributed by atoms with Gasteiger partial charge in [-0.25, -0.2) is 4.79 Å². The maximum Gasteiger partial charge on any atom is 0.340 e. The zero-order chi connectivity index (χ0) is 21.1. The van der Waals surface area contributed by atoms with Gasteiger partial charge in [0, 0.05) is 6.07 Å². The first-order valence-electron chi connectivity index (χ1n) is 8.54. The second-order valence-electron chi connectivity index (χ2n) is 5.97. The van der Waals surface area contributed by atoms with Crippen LogP contribution in [0.4, 0.5) is 11.4 Å². The number of anilines is 1. The van der Waals surface area contributed by atoms with E-state index < -0.39 is 40.8 Å². The molecule has 1 aliphatic heterocycles. The molecule has 1 aliphatic rings. The first-order valence-corrected chi connectivity index (χ1v) is 8.54. The number of nitrogens with one attached hydrogen (secondary N) is 1. The molecule has 1 heterocycles. The second kappa shape index (κ2) is 7.89. The highest BCUT2D eigenvalue weighted by molar-refractivity contribution is 6.24. The summed E-state index contributed by atoms with van der Waals surface area (Å²) < 4.78 is 4.92. The molecule has 0 atom stereocenters. The molecule has 1 N–H and O–H groups in total. The van der Waals surface area contributed by atoms with Crippen molar-refractivity contribution >= 4 is 35.1 Å². The smallest absolute Gasteiger partial charge is 0.340 e. The molecule has 10 nitrogen and oxygen atoms in total. The van der Waals surface area contributed by atoms with Gasteiger partial charge in [-0.2, -0.15) is 0 Å². The van der Waals surface area contributed by atoms with Crippen molar-refractivity contribution in [3.63, 3.8) is 0 Å². The van der Waals surface area contributed by atoms with Crippen molar-refractivity contribution in [3.8, 4) is 0 Å². The molecule has 148 valence electrons. The monoisotopic (exact) mass is 397 g/mol. The Balaban J connectivity index is 1.80. The highest BCUT2D eigenvalue weighted by Gasteiger charge is 2.41. The van der Waals surface area contributed by atoms with Crippen LogP contribution in [-0.4, -0.2) is 46.7 Å². The van der Waals surface area contributed by atoms with Crippen LogP contribution >= 0.6 is 0 Å². The Morgan fingerprint density at radius 3 is 2.52 bits per heavy atom. The minimum Gasteiger partial charge on any atom is -0.462 e. The molecular weight excluding hydrogens is 382 g/mol. The van der Waals surface area contributed by atoms with Crippen molar-refractivity contribution in [2.75, 3.05) is 18.5 Å². The summed E-state index contributed by atoms with van der Waals surface area (Å²) in [5.74, 6) is -3.12. The van der Waals surface area contributed by atoms with E-state index in [2.05, 4.69) is 5.32 Å². The predicted molar refractivity (Wildman–Crippen MR) is 99.5 cm³/mol. The molecule has 0 radical (unpaired) electrons. The standard InChI is InChI=1S/C19H15N3O7/c1-2-29-19(26)11-6-3-4-8-13(11)20-15(23)10-21-17(24)12-7-5-9-14(22(27)28)16(12)18(21)25/h3-9H,2,10H2,1H3,(H,20,23). The highest BCUT2D eigenvalue weighted by Crippen LogP contribution is 2.30. The Morgan fingerprint density at radius 1 is 1.10 bits per heavy atom. The van der Waals surface area contributed by atoms with E-state index in [0.29, 0.717) is 4.90 Å². The van der Waals surface area contributed by atoms with Gasteiger partial charge in [0.15, 0.2) is 0 Å². The fourth-order valence-corrected chi connectivity index (χ4v) is 2.92. The summed E-state index contributed by atoms with van der Waals surface area (Å²) in [6.07, 6.45) is 0. The van der Waals surface area contributed by atoms with Gasteiger partial charge in [0.25, 0.3) is 17.5 Å². The third kappa shape index (κ3) is 3.68. The number of imide groups is 1. The maximum absolute atomic E-state index is 12.5. The first-order chi connectivity index (χ1) is 13.8. The summed E-state index contributed by atoms with van der Waals surface area (Å²) in [4.78, 5) is 60.4. The van der Waals surface area contributed by atoms with Crippen LogP contribution in [0.5, 0.6) is 0 Å². The minimum absolute atomic E-state index is 0.112. The third-order valence-electron chi connectivity index (χ3n) is 4.17. The second-order valence-corrected chi connectivity index (χ2v) is 5.97. The number of carbonyl (C=O) groups excluding carboxylic acids is 4. The Hall–Kier alpha value is -4.08. The molecule has 10 heteroatoms. The number of nitro groups is 1. The molecule has 3 amide bonds. The SMILES string of the molecule is CCOC(=O)c1ccccc1NC(=O)CN1C(=O)c2cccc([N+](=O)[O-])c2C1=O. The van der Waals surface area contributed by atoms with Crippen molar-refractivity contribution < 1.29 is 28.8 Å². The number of amides is 3. The summed E-state index contributed by atoms with van der Waals surface area (Å²) in [6, 6.07) is 9.80. The molecule has 3 rings (SSSR count). The molecule has 29 heavy (non-hydrogen) atoms. The lowest BCUT2D eigenvalue weighted by atomic mass is 10.1. The summed E-state index contributed by atoms with van der Waals surface area (Å²) in [7, 11) is 0. The van der Waals surface area contributed by atoms with Gasteiger partial charge in [-0.15, -0.1) is 0 Å². The lowest BCUT2D eigenvalue weighted by Gasteiger charge is -2.15. The van der Waals surface area contributed by atoms with E-state index >= 15 is 0 Å². The molecule has 0 spiro atoms. The topological polar surface area (TPSA) is 136 Å². The van der Waals surface area contributed by atoms with Gasteiger partial charge in [0.2, 0.25) is 5.91 Å². The van der Waals surface area contributed by atoms with Crippen molar-refractivity contribution in [1.29, 1.82) is 0 Å². The van der Waals surface area contributed by atoms with E-state index in [1.165, 1.54) is 24.3 Å². The zero-order valence-electron chi connectivity index (χ0n) is 15.2. The van der Waals surface area contributed by atoms with Gasteiger partial charge < -0.3 is 10.1 Å². The lowest BCUT2D eigenvalue weighted by molar-refractivity contribution is -0.385. The first kappa shape index (κ1) is 19.7. The number of para-hydroxylation sites is 1. The van der Waals surface area contributed by atoms with Crippen LogP contribution in [0.2, 0.25) is 0 Å². The number of fused-ring (bicyclic) bond motifs is 1. The number of rotatable bonds is 6. The molecule has 0 aromatic heterocycles. The normalized spacial score (nSPS) is 12.5. The zero-order valence-corrected chi connectivity index (χ0v) is 15.2. The fourth-order valence-electron chi connectivity index (χ4n) is 2.92. The summed E-state index contributed by atoms with van der Waals surface area (Å²) in [6.45, 7) is 1.12. The van der Waals surface area contributed by atoms with Crippen molar-refractivity contribution in [1.82, 2.24) is 4.90 Å². The Labute approximate surface area is 164 Å². The summed E-state index contributed by atoms with van der Waals surface area (Å²) in [5, 5.41) is 13.6. The summed E-state index contributed by atoms with van der Waals surface area (Å²) in [5.41, 5.74) is -0.721. The van der Waals surface area contributed by atoms with E-state index in [-0.39, 0.29) is 29.0 Å². The van der Waals surface area contributed by atoms with Crippen molar-refractivity contribution in [2.45, 2.75) is 6.92 Å². The predicted octanol–water partition coefficient (Wildman–Crippen LogP) is 2.01. The van der Waals surface area contributed by atoms with E-state index in [1.54, 1.807) is 19.1 Å². The Kier molecular flexibility index (Phi) is 5.35. The van der Waals surface area contributed by atoms with Gasteiger partial charge in [0.1, 0.15) is 12.1 Å². The van der Waals surface area contributed by atoms with Crippen LogP contribution < -0.4 is 5.32 Å². The van der Waals surface area contributed by atoms with Gasteiger partial charge in [-0.3, -0.25) is 29.4 Å². The molecule has 0 fully saturated rings. The van der Waals surface area contributed by atoms with E-state index in [0.717, 1.165) is 6.07 Å². The number of nitrogens with zero attached hydrogens (tertiary/aromatic N) is 2. The van der Waals surface area contributed by atoms with Gasteiger partial charge >= 0.3 is 5.97 Å². The molecule has 0 unspecified atom stereocenters. The Bertz CT molecular complexity index is 1050. The number of benzene rings is 2. The van der Waals surface area contributed by atoms with E-state index in [4.69, 9.17) is 4.74 Å². The lowest BCUT2D eigenvalue weighted by Crippen LogP contribution is -2.37. The van der Waals surface area contributed by atoms with Crippen LogP contribution in [0.15, 0.2) is 42.5 Å². The number of ether oxygens (including phenoxy) is 1. The molecule has 2 aromatic rings. The highest BCUT2D eigenvalue weighted by atomic mass is 16.6. The maximum atomic E-state index is 12.5. The van der Waals surface area contributed by atoms with Crippen molar-refractivity contribution in [2.24, 2.45) is 0 Å². The molecule has 0 aliphatic carbocycles. The van der Waals surface area contributed by atoms with Gasteiger partial charge in [-0.1, -0.05) is 18.2 Å². The molecule has 0 saturated carbocycles. The average molecular weight is 397 g/mol. The van der Waals surface area contributed by atoms with Gasteiger partial charge in [0.05, 0.1) is 28.3 Å². The Morgan fingerprint density at radius 2 is 1.83 bits per heavy atom. The molecular formula is C19H15N3O7. The number of carbonyl (C=O) groups is 4.